The molecule has 3 aromatic rings. The van der Waals surface area contributed by atoms with Crippen molar-refractivity contribution in [2.24, 2.45) is 0 Å². The lowest BCUT2D eigenvalue weighted by atomic mass is 10.1. The van der Waals surface area contributed by atoms with Crippen molar-refractivity contribution in [3.05, 3.63) is 88.6 Å². The van der Waals surface area contributed by atoms with Crippen LogP contribution in [0.25, 0.3) is 0 Å². The molecule has 1 amide bonds. The van der Waals surface area contributed by atoms with Crippen LogP contribution in [0.4, 0.5) is 11.5 Å². The highest BCUT2D eigenvalue weighted by atomic mass is 35.5. The summed E-state index contributed by atoms with van der Waals surface area (Å²) in [5.74, 6) is 0.540. The Labute approximate surface area is 197 Å². The molecule has 2 heterocycles. The summed E-state index contributed by atoms with van der Waals surface area (Å²) in [6.45, 7) is 1.82. The van der Waals surface area contributed by atoms with Gasteiger partial charge < -0.3 is 20.6 Å². The molecule has 170 valence electrons. The molecular formula is C25H26ClN5O2. The SMILES string of the molecule is N=C(c1ccc(C(O)Nc2ccccc2C(=O)Nc2ccc(Cl)cn2)cc1)N1CCCCC1. The van der Waals surface area contributed by atoms with Crippen molar-refractivity contribution in [2.75, 3.05) is 23.7 Å². The topological polar surface area (TPSA) is 101 Å². The number of aromatic nitrogens is 1. The number of aliphatic hydroxyl groups is 1. The number of amides is 1. The van der Waals surface area contributed by atoms with Gasteiger partial charge in [0.15, 0.2) is 6.23 Å². The number of para-hydroxylation sites is 1. The van der Waals surface area contributed by atoms with E-state index in [2.05, 4.69) is 20.5 Å². The van der Waals surface area contributed by atoms with Crippen LogP contribution < -0.4 is 10.6 Å². The van der Waals surface area contributed by atoms with E-state index >= 15 is 0 Å². The maximum Gasteiger partial charge on any atom is 0.258 e. The number of anilines is 2. The first-order valence-electron chi connectivity index (χ1n) is 10.9. The number of hydrogen-bond acceptors (Lipinski definition) is 5. The van der Waals surface area contributed by atoms with Crippen molar-refractivity contribution in [3.8, 4) is 0 Å². The molecule has 1 aliphatic heterocycles. The summed E-state index contributed by atoms with van der Waals surface area (Å²) in [6.07, 6.45) is 3.88. The van der Waals surface area contributed by atoms with Gasteiger partial charge in [0.2, 0.25) is 0 Å². The Morgan fingerprint density at radius 3 is 2.45 bits per heavy atom. The second-order valence-corrected chi connectivity index (χ2v) is 8.36. The molecule has 0 spiro atoms. The summed E-state index contributed by atoms with van der Waals surface area (Å²) in [4.78, 5) is 19.0. The molecule has 0 bridgehead atoms. The molecule has 1 aromatic heterocycles. The van der Waals surface area contributed by atoms with Gasteiger partial charge in [-0.2, -0.15) is 0 Å². The number of carbonyl (C=O) groups excluding carboxylic acids is 1. The standard InChI is InChI=1S/C25H26ClN5O2/c26-19-12-13-22(28-16-19)30-25(33)20-6-2-3-7-21(20)29-24(32)18-10-8-17(9-11-18)23(27)31-14-4-1-5-15-31/h2-3,6-13,16,24,27,29,32H,1,4-5,14-15H2,(H,28,30,33). The van der Waals surface area contributed by atoms with Crippen LogP contribution in [-0.4, -0.2) is 39.8 Å². The summed E-state index contributed by atoms with van der Waals surface area (Å²) in [6, 6.07) is 17.5. The summed E-state index contributed by atoms with van der Waals surface area (Å²) >= 11 is 5.85. The van der Waals surface area contributed by atoms with E-state index in [1.165, 1.54) is 12.6 Å². The lowest BCUT2D eigenvalue weighted by Gasteiger charge is -2.29. The number of rotatable bonds is 6. The number of nitrogens with zero attached hydrogens (tertiary/aromatic N) is 2. The quantitative estimate of drug-likeness (QED) is 0.236. The predicted octanol–water partition coefficient (Wildman–Crippen LogP) is 4.90. The number of carbonyl (C=O) groups is 1. The maximum absolute atomic E-state index is 12.8. The van der Waals surface area contributed by atoms with Crippen molar-refractivity contribution >= 4 is 34.8 Å². The molecule has 1 saturated heterocycles. The van der Waals surface area contributed by atoms with Crippen molar-refractivity contribution in [3.63, 3.8) is 0 Å². The second kappa shape index (κ2) is 10.5. The van der Waals surface area contributed by atoms with E-state index in [9.17, 15) is 9.90 Å². The molecule has 1 fully saturated rings. The first kappa shape index (κ1) is 22.8. The average molecular weight is 464 g/mol. The van der Waals surface area contributed by atoms with Gasteiger partial charge in [0.05, 0.1) is 10.6 Å². The van der Waals surface area contributed by atoms with Gasteiger partial charge in [-0.05, 0) is 43.5 Å². The van der Waals surface area contributed by atoms with Crippen LogP contribution in [0.3, 0.4) is 0 Å². The highest BCUT2D eigenvalue weighted by Crippen LogP contribution is 2.23. The fraction of sp³-hybridized carbons (Fsp3) is 0.240. The van der Waals surface area contributed by atoms with Gasteiger partial charge in [-0.15, -0.1) is 0 Å². The fourth-order valence-corrected chi connectivity index (χ4v) is 3.91. The average Bonchev–Trinajstić information content (AvgIpc) is 2.86. The smallest absolute Gasteiger partial charge is 0.258 e. The molecule has 8 heteroatoms. The zero-order valence-corrected chi connectivity index (χ0v) is 18.8. The monoisotopic (exact) mass is 463 g/mol. The van der Waals surface area contributed by atoms with Crippen molar-refractivity contribution in [1.82, 2.24) is 9.88 Å². The minimum absolute atomic E-state index is 0.356. The van der Waals surface area contributed by atoms with Crippen LogP contribution in [0.1, 0.15) is 47.0 Å². The third-order valence-electron chi connectivity index (χ3n) is 5.61. The number of pyridine rings is 1. The van der Waals surface area contributed by atoms with Crippen LogP contribution >= 0.6 is 11.6 Å². The third-order valence-corrected chi connectivity index (χ3v) is 5.83. The molecule has 0 aliphatic carbocycles. The predicted molar refractivity (Wildman–Crippen MR) is 131 cm³/mol. The van der Waals surface area contributed by atoms with E-state index in [4.69, 9.17) is 17.0 Å². The summed E-state index contributed by atoms with van der Waals surface area (Å²) in [5, 5.41) is 25.4. The molecule has 33 heavy (non-hydrogen) atoms. The first-order chi connectivity index (χ1) is 16.0. The van der Waals surface area contributed by atoms with E-state index in [1.54, 1.807) is 48.5 Å². The Morgan fingerprint density at radius 1 is 1.03 bits per heavy atom. The van der Waals surface area contributed by atoms with Crippen LogP contribution in [-0.2, 0) is 0 Å². The fourth-order valence-electron chi connectivity index (χ4n) is 3.79. The van der Waals surface area contributed by atoms with E-state index in [0.29, 0.717) is 33.5 Å². The summed E-state index contributed by atoms with van der Waals surface area (Å²) in [7, 11) is 0. The van der Waals surface area contributed by atoms with Gasteiger partial charge in [-0.25, -0.2) is 4.98 Å². The van der Waals surface area contributed by atoms with Gasteiger partial charge in [0.1, 0.15) is 11.7 Å². The summed E-state index contributed by atoms with van der Waals surface area (Å²) < 4.78 is 0. The lowest BCUT2D eigenvalue weighted by Crippen LogP contribution is -2.35. The van der Waals surface area contributed by atoms with E-state index in [0.717, 1.165) is 31.5 Å². The molecule has 4 N–H and O–H groups in total. The number of halogens is 1. The van der Waals surface area contributed by atoms with Crippen molar-refractivity contribution in [2.45, 2.75) is 25.5 Å². The number of hydrogen-bond donors (Lipinski definition) is 4. The second-order valence-electron chi connectivity index (χ2n) is 7.93. The normalized spacial score (nSPS) is 14.4. The highest BCUT2D eigenvalue weighted by Gasteiger charge is 2.17. The Morgan fingerprint density at radius 2 is 1.76 bits per heavy atom. The molecule has 1 aliphatic rings. The Bertz CT molecular complexity index is 1110. The third kappa shape index (κ3) is 5.69. The number of amidine groups is 1. The van der Waals surface area contributed by atoms with Gasteiger partial charge in [0, 0.05) is 36.1 Å². The van der Waals surface area contributed by atoms with E-state index in [1.807, 2.05) is 12.1 Å². The number of nitrogens with one attached hydrogen (secondary N) is 3. The molecule has 1 unspecified atom stereocenters. The molecule has 2 aromatic carbocycles. The van der Waals surface area contributed by atoms with E-state index in [-0.39, 0.29) is 5.91 Å². The largest absolute Gasteiger partial charge is 0.369 e. The van der Waals surface area contributed by atoms with Crippen molar-refractivity contribution < 1.29 is 9.90 Å². The van der Waals surface area contributed by atoms with Gasteiger partial charge in [-0.3, -0.25) is 10.2 Å². The lowest BCUT2D eigenvalue weighted by molar-refractivity contribution is 0.102. The Kier molecular flexibility index (Phi) is 7.22. The van der Waals surface area contributed by atoms with Crippen LogP contribution in [0.15, 0.2) is 66.9 Å². The van der Waals surface area contributed by atoms with E-state index < -0.39 is 6.23 Å². The molecule has 7 nitrogen and oxygen atoms in total. The first-order valence-corrected chi connectivity index (χ1v) is 11.3. The molecule has 1 atom stereocenters. The van der Waals surface area contributed by atoms with Crippen LogP contribution in [0.5, 0.6) is 0 Å². The van der Waals surface area contributed by atoms with Crippen LogP contribution in [0, 0.1) is 5.41 Å². The molecule has 0 saturated carbocycles. The molecular weight excluding hydrogens is 438 g/mol. The zero-order chi connectivity index (χ0) is 23.2. The van der Waals surface area contributed by atoms with Gasteiger partial charge >= 0.3 is 0 Å². The minimum Gasteiger partial charge on any atom is -0.369 e. The highest BCUT2D eigenvalue weighted by molar-refractivity contribution is 6.30. The van der Waals surface area contributed by atoms with Gasteiger partial charge in [-0.1, -0.05) is 48.0 Å². The minimum atomic E-state index is -1.02. The summed E-state index contributed by atoms with van der Waals surface area (Å²) in [5.41, 5.74) is 2.32. The molecule has 0 radical (unpaired) electrons. The van der Waals surface area contributed by atoms with Crippen molar-refractivity contribution in [1.29, 1.82) is 5.41 Å². The molecule has 4 rings (SSSR count). The number of aliphatic hydroxyl groups excluding tert-OH is 1. The number of piperidine rings is 1. The zero-order valence-electron chi connectivity index (χ0n) is 18.1. The Balaban J connectivity index is 1.44. The number of benzene rings is 2. The number of likely N-dealkylation sites (tertiary alicyclic amines) is 1. The van der Waals surface area contributed by atoms with Gasteiger partial charge in [0.25, 0.3) is 5.91 Å². The Hall–Kier alpha value is -3.42. The van der Waals surface area contributed by atoms with Crippen LogP contribution in [0.2, 0.25) is 5.02 Å². The maximum atomic E-state index is 12.8.